The second-order valence-electron chi connectivity index (χ2n) is 2.36. The van der Waals surface area contributed by atoms with Crippen molar-refractivity contribution >= 4 is 23.0 Å². The summed E-state index contributed by atoms with van der Waals surface area (Å²) in [5.74, 6) is 0. The highest BCUT2D eigenvalue weighted by molar-refractivity contribution is 6.33. The summed E-state index contributed by atoms with van der Waals surface area (Å²) < 4.78 is 11.8. The Kier molecular flexibility index (Phi) is 3.17. The quantitative estimate of drug-likeness (QED) is 0.715. The van der Waals surface area contributed by atoms with E-state index in [1.165, 1.54) is 0 Å². The fourth-order valence-electron chi connectivity index (χ4n) is 0.857. The van der Waals surface area contributed by atoms with Crippen LogP contribution in [0.25, 0.3) is 0 Å². The molecule has 0 saturated heterocycles. The molecule has 1 aromatic carbocycles. The SMILES string of the molecule is Nc1ccc(NCCF)c(Cl)c1. The zero-order valence-corrected chi connectivity index (χ0v) is 7.24. The first kappa shape index (κ1) is 9.13. The van der Waals surface area contributed by atoms with Crippen molar-refractivity contribution in [1.29, 1.82) is 0 Å². The molecule has 0 aromatic heterocycles. The number of nitrogen functional groups attached to an aromatic ring is 1. The highest BCUT2D eigenvalue weighted by atomic mass is 35.5. The molecule has 12 heavy (non-hydrogen) atoms. The van der Waals surface area contributed by atoms with Crippen molar-refractivity contribution in [2.45, 2.75) is 0 Å². The number of alkyl halides is 1. The Morgan fingerprint density at radius 1 is 1.50 bits per heavy atom. The summed E-state index contributed by atoms with van der Waals surface area (Å²) in [6, 6.07) is 5.07. The van der Waals surface area contributed by atoms with Gasteiger partial charge in [0.1, 0.15) is 6.67 Å². The number of hydrogen-bond acceptors (Lipinski definition) is 2. The zero-order valence-electron chi connectivity index (χ0n) is 6.48. The first-order chi connectivity index (χ1) is 5.74. The lowest BCUT2D eigenvalue weighted by molar-refractivity contribution is 0.513. The van der Waals surface area contributed by atoms with Gasteiger partial charge in [0.25, 0.3) is 0 Å². The summed E-state index contributed by atoms with van der Waals surface area (Å²) in [5, 5.41) is 3.34. The minimum absolute atomic E-state index is 0.267. The lowest BCUT2D eigenvalue weighted by Gasteiger charge is -2.06. The van der Waals surface area contributed by atoms with Crippen molar-refractivity contribution in [1.82, 2.24) is 0 Å². The number of anilines is 2. The number of nitrogens with one attached hydrogen (secondary N) is 1. The van der Waals surface area contributed by atoms with Crippen molar-refractivity contribution in [3.05, 3.63) is 23.2 Å². The molecular weight excluding hydrogens is 179 g/mol. The van der Waals surface area contributed by atoms with Crippen LogP contribution in [0, 0.1) is 0 Å². The molecule has 1 aromatic rings. The second kappa shape index (κ2) is 4.16. The van der Waals surface area contributed by atoms with Crippen LogP contribution in [0.1, 0.15) is 0 Å². The monoisotopic (exact) mass is 188 g/mol. The standard InChI is InChI=1S/C8H10ClFN2/c9-7-5-6(11)1-2-8(7)12-4-3-10/h1-2,5,12H,3-4,11H2. The van der Waals surface area contributed by atoms with Crippen LogP contribution in [0.4, 0.5) is 15.8 Å². The fourth-order valence-corrected chi connectivity index (χ4v) is 1.11. The summed E-state index contributed by atoms with van der Waals surface area (Å²) in [7, 11) is 0. The maximum absolute atomic E-state index is 11.8. The number of rotatable bonds is 3. The molecule has 0 aliphatic heterocycles. The average Bonchev–Trinajstić information content (AvgIpc) is 2.03. The van der Waals surface area contributed by atoms with Crippen molar-refractivity contribution < 1.29 is 4.39 Å². The van der Waals surface area contributed by atoms with Gasteiger partial charge in [0.15, 0.2) is 0 Å². The Morgan fingerprint density at radius 2 is 2.25 bits per heavy atom. The maximum atomic E-state index is 11.8. The van der Waals surface area contributed by atoms with Crippen LogP contribution in [0.2, 0.25) is 5.02 Å². The van der Waals surface area contributed by atoms with Gasteiger partial charge in [-0.15, -0.1) is 0 Å². The molecule has 0 amide bonds. The van der Waals surface area contributed by atoms with E-state index >= 15 is 0 Å². The molecule has 0 heterocycles. The van der Waals surface area contributed by atoms with E-state index in [1.54, 1.807) is 18.2 Å². The van der Waals surface area contributed by atoms with E-state index in [0.717, 1.165) is 0 Å². The van der Waals surface area contributed by atoms with E-state index in [0.29, 0.717) is 16.4 Å². The van der Waals surface area contributed by atoms with E-state index < -0.39 is 6.67 Å². The second-order valence-corrected chi connectivity index (χ2v) is 2.76. The van der Waals surface area contributed by atoms with Crippen LogP contribution >= 0.6 is 11.6 Å². The average molecular weight is 189 g/mol. The predicted octanol–water partition coefficient (Wildman–Crippen LogP) is 2.30. The van der Waals surface area contributed by atoms with Gasteiger partial charge in [-0.3, -0.25) is 0 Å². The third kappa shape index (κ3) is 2.27. The van der Waals surface area contributed by atoms with Gasteiger partial charge in [0.05, 0.1) is 10.7 Å². The highest BCUT2D eigenvalue weighted by Gasteiger charge is 1.98. The number of benzene rings is 1. The first-order valence-electron chi connectivity index (χ1n) is 3.59. The van der Waals surface area contributed by atoms with Gasteiger partial charge < -0.3 is 11.1 Å². The summed E-state index contributed by atoms with van der Waals surface area (Å²) in [4.78, 5) is 0. The van der Waals surface area contributed by atoms with E-state index in [-0.39, 0.29) is 6.54 Å². The van der Waals surface area contributed by atoms with Crippen molar-refractivity contribution in [2.75, 3.05) is 24.3 Å². The third-order valence-corrected chi connectivity index (χ3v) is 1.72. The largest absolute Gasteiger partial charge is 0.399 e. The molecule has 66 valence electrons. The summed E-state index contributed by atoms with van der Waals surface area (Å²) >= 11 is 5.80. The molecule has 0 radical (unpaired) electrons. The summed E-state index contributed by atoms with van der Waals surface area (Å²) in [5.41, 5.74) is 6.78. The lowest BCUT2D eigenvalue weighted by Crippen LogP contribution is -2.03. The normalized spacial score (nSPS) is 9.83. The van der Waals surface area contributed by atoms with Crippen molar-refractivity contribution in [3.63, 3.8) is 0 Å². The van der Waals surface area contributed by atoms with E-state index in [1.807, 2.05) is 0 Å². The van der Waals surface area contributed by atoms with Crippen LogP contribution in [-0.4, -0.2) is 13.2 Å². The number of nitrogens with two attached hydrogens (primary N) is 1. The summed E-state index contributed by atoms with van der Waals surface area (Å²) in [6.45, 7) is -0.148. The molecule has 4 heteroatoms. The first-order valence-corrected chi connectivity index (χ1v) is 3.96. The molecule has 0 saturated carbocycles. The van der Waals surface area contributed by atoms with Crippen LogP contribution < -0.4 is 11.1 Å². The lowest BCUT2D eigenvalue weighted by atomic mass is 10.3. The van der Waals surface area contributed by atoms with Crippen molar-refractivity contribution in [2.24, 2.45) is 0 Å². The Balaban J connectivity index is 2.72. The minimum Gasteiger partial charge on any atom is -0.399 e. The maximum Gasteiger partial charge on any atom is 0.107 e. The Bertz CT molecular complexity index is 265. The number of halogens is 2. The minimum atomic E-state index is -0.416. The van der Waals surface area contributed by atoms with Gasteiger partial charge >= 0.3 is 0 Å². The van der Waals surface area contributed by atoms with Gasteiger partial charge in [0.2, 0.25) is 0 Å². The van der Waals surface area contributed by atoms with Gasteiger partial charge in [-0.25, -0.2) is 4.39 Å². The molecule has 1 rings (SSSR count). The van der Waals surface area contributed by atoms with E-state index in [4.69, 9.17) is 17.3 Å². The summed E-state index contributed by atoms with van der Waals surface area (Å²) in [6.07, 6.45) is 0. The molecule has 0 fully saturated rings. The Labute approximate surface area is 75.5 Å². The van der Waals surface area contributed by atoms with Crippen LogP contribution in [0.5, 0.6) is 0 Å². The molecule has 0 bridgehead atoms. The molecule has 3 N–H and O–H groups in total. The van der Waals surface area contributed by atoms with Crippen molar-refractivity contribution in [3.8, 4) is 0 Å². The topological polar surface area (TPSA) is 38.0 Å². The fraction of sp³-hybridized carbons (Fsp3) is 0.250. The molecule has 2 nitrogen and oxygen atoms in total. The smallest absolute Gasteiger partial charge is 0.107 e. The highest BCUT2D eigenvalue weighted by Crippen LogP contribution is 2.23. The van der Waals surface area contributed by atoms with Crippen LogP contribution in [0.3, 0.4) is 0 Å². The Hall–Kier alpha value is -0.960. The van der Waals surface area contributed by atoms with Gasteiger partial charge in [-0.05, 0) is 18.2 Å². The molecule has 0 aliphatic rings. The van der Waals surface area contributed by atoms with Gasteiger partial charge in [0, 0.05) is 12.2 Å². The van der Waals surface area contributed by atoms with Crippen LogP contribution in [0.15, 0.2) is 18.2 Å². The Morgan fingerprint density at radius 3 is 2.83 bits per heavy atom. The molecular formula is C8H10ClFN2. The van der Waals surface area contributed by atoms with E-state index in [9.17, 15) is 4.39 Å². The van der Waals surface area contributed by atoms with Gasteiger partial charge in [-0.1, -0.05) is 11.6 Å². The molecule has 0 aliphatic carbocycles. The number of hydrogen-bond donors (Lipinski definition) is 2. The molecule has 0 atom stereocenters. The molecule has 0 unspecified atom stereocenters. The third-order valence-electron chi connectivity index (χ3n) is 1.40. The van der Waals surface area contributed by atoms with E-state index in [2.05, 4.69) is 5.32 Å². The van der Waals surface area contributed by atoms with Gasteiger partial charge in [-0.2, -0.15) is 0 Å². The predicted molar refractivity (Wildman–Crippen MR) is 50.3 cm³/mol. The molecule has 0 spiro atoms. The van der Waals surface area contributed by atoms with Crippen LogP contribution in [-0.2, 0) is 0 Å². The zero-order chi connectivity index (χ0) is 8.97.